The highest BCUT2D eigenvalue weighted by Crippen LogP contribution is 2.11. The minimum atomic E-state index is -3.17. The topological polar surface area (TPSA) is 60.4 Å². The standard InChI is InChI=1S/C10H20O4S/c1-5-14-10(11)6-9(4)15(12,13)7-8(2)3/h8-9H,5-7H2,1-4H3. The van der Waals surface area contributed by atoms with Crippen molar-refractivity contribution in [2.24, 2.45) is 5.92 Å². The SMILES string of the molecule is CCOC(=O)CC(C)S(=O)(=O)CC(C)C. The van der Waals surface area contributed by atoms with Crippen molar-refractivity contribution < 1.29 is 17.9 Å². The van der Waals surface area contributed by atoms with Gasteiger partial charge in [0.1, 0.15) is 0 Å². The minimum absolute atomic E-state index is 0.0527. The Balaban J connectivity index is 4.31. The van der Waals surface area contributed by atoms with Gasteiger partial charge < -0.3 is 4.74 Å². The quantitative estimate of drug-likeness (QED) is 0.654. The van der Waals surface area contributed by atoms with Crippen molar-refractivity contribution in [3.63, 3.8) is 0 Å². The number of carbonyl (C=O) groups is 1. The Kier molecular flexibility index (Phi) is 5.87. The third kappa shape index (κ3) is 5.77. The summed E-state index contributed by atoms with van der Waals surface area (Å²) in [5, 5.41) is -0.654. The number of esters is 1. The summed E-state index contributed by atoms with van der Waals surface area (Å²) in [6.07, 6.45) is -0.0527. The molecule has 0 radical (unpaired) electrons. The predicted molar refractivity (Wildman–Crippen MR) is 59.3 cm³/mol. The van der Waals surface area contributed by atoms with Gasteiger partial charge >= 0.3 is 5.97 Å². The molecule has 5 heteroatoms. The number of carbonyl (C=O) groups excluding carboxylic acids is 1. The van der Waals surface area contributed by atoms with Crippen molar-refractivity contribution in [3.8, 4) is 0 Å². The molecule has 0 amide bonds. The molecule has 4 nitrogen and oxygen atoms in total. The van der Waals surface area contributed by atoms with Crippen LogP contribution in [0.5, 0.6) is 0 Å². The summed E-state index contributed by atoms with van der Waals surface area (Å²) in [6, 6.07) is 0. The summed E-state index contributed by atoms with van der Waals surface area (Å²) in [7, 11) is -3.17. The van der Waals surface area contributed by atoms with Gasteiger partial charge in [-0.2, -0.15) is 0 Å². The Bertz CT molecular complexity index is 293. The highest BCUT2D eigenvalue weighted by atomic mass is 32.2. The highest BCUT2D eigenvalue weighted by molar-refractivity contribution is 7.92. The zero-order chi connectivity index (χ0) is 12.1. The second kappa shape index (κ2) is 6.10. The lowest BCUT2D eigenvalue weighted by atomic mass is 10.3. The molecule has 0 aliphatic heterocycles. The Morgan fingerprint density at radius 1 is 1.27 bits per heavy atom. The van der Waals surface area contributed by atoms with E-state index in [0.29, 0.717) is 0 Å². The molecule has 0 aromatic carbocycles. The van der Waals surface area contributed by atoms with Crippen LogP contribution in [0.3, 0.4) is 0 Å². The molecule has 0 rings (SSSR count). The van der Waals surface area contributed by atoms with Crippen LogP contribution in [0, 0.1) is 5.92 Å². The molecule has 0 aliphatic rings. The minimum Gasteiger partial charge on any atom is -0.466 e. The average Bonchev–Trinajstić information content (AvgIpc) is 2.01. The van der Waals surface area contributed by atoms with Crippen molar-refractivity contribution >= 4 is 15.8 Å². The van der Waals surface area contributed by atoms with E-state index in [1.54, 1.807) is 13.8 Å². The zero-order valence-electron chi connectivity index (χ0n) is 9.82. The van der Waals surface area contributed by atoms with Crippen LogP contribution in [-0.4, -0.2) is 32.0 Å². The molecule has 1 atom stereocenters. The zero-order valence-corrected chi connectivity index (χ0v) is 10.6. The van der Waals surface area contributed by atoms with Gasteiger partial charge in [-0.25, -0.2) is 8.42 Å². The van der Waals surface area contributed by atoms with Gasteiger partial charge in [-0.3, -0.25) is 4.79 Å². The second-order valence-electron chi connectivity index (χ2n) is 4.04. The molecule has 0 aromatic heterocycles. The number of hydrogen-bond acceptors (Lipinski definition) is 4. The molecule has 15 heavy (non-hydrogen) atoms. The maximum absolute atomic E-state index is 11.7. The van der Waals surface area contributed by atoms with Crippen LogP contribution >= 0.6 is 0 Å². The first kappa shape index (κ1) is 14.4. The van der Waals surface area contributed by atoms with Gasteiger partial charge in [-0.15, -0.1) is 0 Å². The maximum atomic E-state index is 11.7. The maximum Gasteiger partial charge on any atom is 0.307 e. The van der Waals surface area contributed by atoms with Crippen LogP contribution in [0.2, 0.25) is 0 Å². The van der Waals surface area contributed by atoms with Crippen molar-refractivity contribution in [1.29, 1.82) is 0 Å². The first-order chi connectivity index (χ1) is 6.79. The lowest BCUT2D eigenvalue weighted by Gasteiger charge is -2.13. The summed E-state index contributed by atoms with van der Waals surface area (Å²) in [6.45, 7) is 7.22. The van der Waals surface area contributed by atoms with Crippen LogP contribution in [0.1, 0.15) is 34.1 Å². The molecular formula is C10H20O4S. The molecular weight excluding hydrogens is 216 g/mol. The molecule has 90 valence electrons. The van der Waals surface area contributed by atoms with Gasteiger partial charge in [-0.05, 0) is 19.8 Å². The largest absolute Gasteiger partial charge is 0.466 e. The summed E-state index contributed by atoms with van der Waals surface area (Å²) < 4.78 is 28.1. The van der Waals surface area contributed by atoms with E-state index in [0.717, 1.165) is 0 Å². The fourth-order valence-electron chi connectivity index (χ4n) is 1.21. The van der Waals surface area contributed by atoms with Crippen molar-refractivity contribution in [1.82, 2.24) is 0 Å². The number of ether oxygens (including phenoxy) is 1. The van der Waals surface area contributed by atoms with Crippen LogP contribution in [-0.2, 0) is 19.4 Å². The van der Waals surface area contributed by atoms with Gasteiger partial charge in [0, 0.05) is 0 Å². The summed E-state index contributed by atoms with van der Waals surface area (Å²) >= 11 is 0. The first-order valence-corrected chi connectivity index (χ1v) is 6.88. The van der Waals surface area contributed by atoms with Gasteiger partial charge in [-0.1, -0.05) is 13.8 Å². The molecule has 0 aromatic rings. The van der Waals surface area contributed by atoms with E-state index in [-0.39, 0.29) is 24.7 Å². The van der Waals surface area contributed by atoms with Crippen molar-refractivity contribution in [2.45, 2.75) is 39.4 Å². The van der Waals surface area contributed by atoms with Crippen molar-refractivity contribution in [2.75, 3.05) is 12.4 Å². The normalized spacial score (nSPS) is 13.9. The van der Waals surface area contributed by atoms with E-state index >= 15 is 0 Å². The molecule has 0 spiro atoms. The lowest BCUT2D eigenvalue weighted by molar-refractivity contribution is -0.143. The highest BCUT2D eigenvalue weighted by Gasteiger charge is 2.24. The Morgan fingerprint density at radius 3 is 2.20 bits per heavy atom. The van der Waals surface area contributed by atoms with Gasteiger partial charge in [0.2, 0.25) is 0 Å². The lowest BCUT2D eigenvalue weighted by Crippen LogP contribution is -2.26. The van der Waals surface area contributed by atoms with Crippen LogP contribution < -0.4 is 0 Å². The first-order valence-electron chi connectivity index (χ1n) is 5.16. The van der Waals surface area contributed by atoms with E-state index in [1.807, 2.05) is 13.8 Å². The van der Waals surface area contributed by atoms with Crippen molar-refractivity contribution in [3.05, 3.63) is 0 Å². The Morgan fingerprint density at radius 2 is 1.80 bits per heavy atom. The monoisotopic (exact) mass is 236 g/mol. The molecule has 0 fully saturated rings. The number of sulfone groups is 1. The average molecular weight is 236 g/mol. The summed E-state index contributed by atoms with van der Waals surface area (Å²) in [5.41, 5.74) is 0. The molecule has 0 saturated heterocycles. The summed E-state index contributed by atoms with van der Waals surface area (Å²) in [5.74, 6) is -0.245. The molecule has 0 aliphatic carbocycles. The smallest absolute Gasteiger partial charge is 0.307 e. The summed E-state index contributed by atoms with van der Waals surface area (Å²) in [4.78, 5) is 11.1. The van der Waals surface area contributed by atoms with E-state index in [2.05, 4.69) is 0 Å². The van der Waals surface area contributed by atoms with Gasteiger partial charge in [0.25, 0.3) is 0 Å². The fraction of sp³-hybridized carbons (Fsp3) is 0.900. The third-order valence-electron chi connectivity index (χ3n) is 1.94. The van der Waals surface area contributed by atoms with Crippen LogP contribution in [0.25, 0.3) is 0 Å². The van der Waals surface area contributed by atoms with Crippen LogP contribution in [0.4, 0.5) is 0 Å². The molecule has 0 N–H and O–H groups in total. The van der Waals surface area contributed by atoms with E-state index in [9.17, 15) is 13.2 Å². The molecule has 1 unspecified atom stereocenters. The predicted octanol–water partition coefficient (Wildman–Crippen LogP) is 1.40. The van der Waals surface area contributed by atoms with Crippen LogP contribution in [0.15, 0.2) is 0 Å². The van der Waals surface area contributed by atoms with Gasteiger partial charge in [0.05, 0.1) is 24.0 Å². The number of hydrogen-bond donors (Lipinski definition) is 0. The third-order valence-corrected chi connectivity index (χ3v) is 4.46. The number of rotatable bonds is 6. The van der Waals surface area contributed by atoms with Gasteiger partial charge in [0.15, 0.2) is 9.84 Å². The second-order valence-corrected chi connectivity index (χ2v) is 6.51. The molecule has 0 bridgehead atoms. The Hall–Kier alpha value is -0.580. The van der Waals surface area contributed by atoms with E-state index in [4.69, 9.17) is 4.74 Å². The van der Waals surface area contributed by atoms with E-state index < -0.39 is 21.1 Å². The molecule has 0 saturated carbocycles. The fourth-order valence-corrected chi connectivity index (χ4v) is 2.86. The molecule has 0 heterocycles. The Labute approximate surface area is 91.9 Å². The van der Waals surface area contributed by atoms with E-state index in [1.165, 1.54) is 0 Å².